The van der Waals surface area contributed by atoms with Gasteiger partial charge in [-0.15, -0.1) is 0 Å². The summed E-state index contributed by atoms with van der Waals surface area (Å²) in [5, 5.41) is 4.58. The number of aromatic nitrogens is 2. The molecular formula is C16H15N3. The molecule has 0 aliphatic carbocycles. The second-order valence-electron chi connectivity index (χ2n) is 4.50. The first kappa shape index (κ1) is 11.7. The lowest BCUT2D eigenvalue weighted by atomic mass is 10.1. The van der Waals surface area contributed by atoms with Crippen LogP contribution in [0.15, 0.2) is 54.9 Å². The van der Waals surface area contributed by atoms with Gasteiger partial charge in [-0.25, -0.2) is 0 Å². The molecule has 94 valence electrons. The highest BCUT2D eigenvalue weighted by molar-refractivity contribution is 5.90. The molecule has 0 radical (unpaired) electrons. The minimum atomic E-state index is 0.723. The Bertz CT molecular complexity index is 702. The zero-order valence-corrected chi connectivity index (χ0v) is 10.8. The standard InChI is InChI=1S/C16H15N3/c1-12-5-4-9-17-16(12)11-19-15-8-10-18-14-7-3-2-6-13(14)15/h2-10H,11H2,1H3,(H,18,19). The first-order chi connectivity index (χ1) is 9.34. The van der Waals surface area contributed by atoms with Gasteiger partial charge in [-0.05, 0) is 30.7 Å². The molecule has 0 aliphatic rings. The van der Waals surface area contributed by atoms with E-state index in [0.717, 1.165) is 28.8 Å². The van der Waals surface area contributed by atoms with Crippen molar-refractivity contribution >= 4 is 16.6 Å². The summed E-state index contributed by atoms with van der Waals surface area (Å²) in [6.07, 6.45) is 3.66. The lowest BCUT2D eigenvalue weighted by Crippen LogP contribution is -2.04. The predicted octanol–water partition coefficient (Wildman–Crippen LogP) is 3.55. The van der Waals surface area contributed by atoms with E-state index in [4.69, 9.17) is 0 Å². The van der Waals surface area contributed by atoms with Crippen LogP contribution in [0.1, 0.15) is 11.3 Å². The number of rotatable bonds is 3. The van der Waals surface area contributed by atoms with Crippen LogP contribution in [0.3, 0.4) is 0 Å². The van der Waals surface area contributed by atoms with Crippen molar-refractivity contribution in [1.82, 2.24) is 9.97 Å². The Balaban J connectivity index is 1.88. The zero-order chi connectivity index (χ0) is 13.1. The van der Waals surface area contributed by atoms with Gasteiger partial charge in [0.25, 0.3) is 0 Å². The molecule has 0 aliphatic heterocycles. The SMILES string of the molecule is Cc1cccnc1CNc1ccnc2ccccc12. The van der Waals surface area contributed by atoms with Gasteiger partial charge in [0.2, 0.25) is 0 Å². The smallest absolute Gasteiger partial charge is 0.0722 e. The third-order valence-corrected chi connectivity index (χ3v) is 3.21. The van der Waals surface area contributed by atoms with Gasteiger partial charge in [0.15, 0.2) is 0 Å². The molecule has 3 aromatic rings. The van der Waals surface area contributed by atoms with Crippen LogP contribution in [0, 0.1) is 6.92 Å². The predicted molar refractivity (Wildman–Crippen MR) is 78.0 cm³/mol. The Morgan fingerprint density at radius 1 is 0.947 bits per heavy atom. The number of fused-ring (bicyclic) bond motifs is 1. The molecule has 3 heteroatoms. The molecule has 1 aromatic carbocycles. The van der Waals surface area contributed by atoms with Gasteiger partial charge in [-0.3, -0.25) is 9.97 Å². The highest BCUT2D eigenvalue weighted by Gasteiger charge is 2.02. The van der Waals surface area contributed by atoms with Crippen molar-refractivity contribution in [1.29, 1.82) is 0 Å². The van der Waals surface area contributed by atoms with E-state index < -0.39 is 0 Å². The first-order valence-corrected chi connectivity index (χ1v) is 6.33. The fourth-order valence-corrected chi connectivity index (χ4v) is 2.13. The Morgan fingerprint density at radius 2 is 1.84 bits per heavy atom. The molecule has 19 heavy (non-hydrogen) atoms. The van der Waals surface area contributed by atoms with E-state index >= 15 is 0 Å². The van der Waals surface area contributed by atoms with Crippen molar-refractivity contribution in [3.8, 4) is 0 Å². The van der Waals surface area contributed by atoms with Crippen molar-refractivity contribution < 1.29 is 0 Å². The molecule has 0 saturated heterocycles. The highest BCUT2D eigenvalue weighted by Crippen LogP contribution is 2.21. The summed E-state index contributed by atoms with van der Waals surface area (Å²) < 4.78 is 0. The Kier molecular flexibility index (Phi) is 3.11. The van der Waals surface area contributed by atoms with E-state index in [0.29, 0.717) is 0 Å². The molecule has 0 saturated carbocycles. The zero-order valence-electron chi connectivity index (χ0n) is 10.8. The average Bonchev–Trinajstić information content (AvgIpc) is 2.46. The van der Waals surface area contributed by atoms with Gasteiger partial charge in [0.1, 0.15) is 0 Å². The highest BCUT2D eigenvalue weighted by atomic mass is 14.9. The molecule has 3 nitrogen and oxygen atoms in total. The largest absolute Gasteiger partial charge is 0.379 e. The number of pyridine rings is 2. The monoisotopic (exact) mass is 249 g/mol. The third kappa shape index (κ3) is 2.40. The number of nitrogens with zero attached hydrogens (tertiary/aromatic N) is 2. The van der Waals surface area contributed by atoms with Crippen LogP contribution in [-0.4, -0.2) is 9.97 Å². The molecule has 0 unspecified atom stereocenters. The van der Waals surface area contributed by atoms with Crippen LogP contribution in [0.4, 0.5) is 5.69 Å². The number of benzene rings is 1. The van der Waals surface area contributed by atoms with Crippen molar-refractivity contribution in [3.05, 3.63) is 66.1 Å². The Hall–Kier alpha value is -2.42. The van der Waals surface area contributed by atoms with Gasteiger partial charge >= 0.3 is 0 Å². The summed E-state index contributed by atoms with van der Waals surface area (Å²) >= 11 is 0. The lowest BCUT2D eigenvalue weighted by Gasteiger charge is -2.10. The van der Waals surface area contributed by atoms with Gasteiger partial charge in [-0.2, -0.15) is 0 Å². The van der Waals surface area contributed by atoms with E-state index in [1.54, 1.807) is 0 Å². The summed E-state index contributed by atoms with van der Waals surface area (Å²) in [7, 11) is 0. The van der Waals surface area contributed by atoms with Crippen LogP contribution in [0.25, 0.3) is 10.9 Å². The van der Waals surface area contributed by atoms with E-state index in [2.05, 4.69) is 34.3 Å². The van der Waals surface area contributed by atoms with Crippen LogP contribution in [-0.2, 0) is 6.54 Å². The quantitative estimate of drug-likeness (QED) is 0.771. The van der Waals surface area contributed by atoms with Gasteiger partial charge in [0.05, 0.1) is 17.8 Å². The number of nitrogens with one attached hydrogen (secondary N) is 1. The van der Waals surface area contributed by atoms with Crippen molar-refractivity contribution in [2.75, 3.05) is 5.32 Å². The van der Waals surface area contributed by atoms with Crippen LogP contribution in [0.2, 0.25) is 0 Å². The van der Waals surface area contributed by atoms with Crippen LogP contribution >= 0.6 is 0 Å². The summed E-state index contributed by atoms with van der Waals surface area (Å²) in [4.78, 5) is 8.75. The van der Waals surface area contributed by atoms with Gasteiger partial charge in [0, 0.05) is 23.5 Å². The number of hydrogen-bond donors (Lipinski definition) is 1. The Morgan fingerprint density at radius 3 is 2.74 bits per heavy atom. The summed E-state index contributed by atoms with van der Waals surface area (Å²) in [5.41, 5.74) is 4.37. The normalized spacial score (nSPS) is 10.6. The van der Waals surface area contributed by atoms with Crippen molar-refractivity contribution in [3.63, 3.8) is 0 Å². The average molecular weight is 249 g/mol. The molecule has 0 amide bonds. The molecule has 1 N–H and O–H groups in total. The number of anilines is 1. The third-order valence-electron chi connectivity index (χ3n) is 3.21. The lowest BCUT2D eigenvalue weighted by molar-refractivity contribution is 1.02. The minimum absolute atomic E-state index is 0.723. The molecule has 0 fully saturated rings. The van der Waals surface area contributed by atoms with E-state index in [9.17, 15) is 0 Å². The summed E-state index contributed by atoms with van der Waals surface area (Å²) in [5.74, 6) is 0. The first-order valence-electron chi connectivity index (χ1n) is 6.33. The fraction of sp³-hybridized carbons (Fsp3) is 0.125. The molecule has 2 heterocycles. The topological polar surface area (TPSA) is 37.8 Å². The Labute approximate surface area is 112 Å². The molecule has 3 rings (SSSR count). The summed E-state index contributed by atoms with van der Waals surface area (Å²) in [6, 6.07) is 14.2. The molecule has 2 aromatic heterocycles. The van der Waals surface area contributed by atoms with Crippen molar-refractivity contribution in [2.45, 2.75) is 13.5 Å². The second kappa shape index (κ2) is 5.06. The van der Waals surface area contributed by atoms with Crippen molar-refractivity contribution in [2.24, 2.45) is 0 Å². The van der Waals surface area contributed by atoms with Crippen LogP contribution in [0.5, 0.6) is 0 Å². The molecular weight excluding hydrogens is 234 g/mol. The minimum Gasteiger partial charge on any atom is -0.379 e. The van der Waals surface area contributed by atoms with E-state index in [1.807, 2.05) is 42.7 Å². The maximum Gasteiger partial charge on any atom is 0.0722 e. The second-order valence-corrected chi connectivity index (χ2v) is 4.50. The molecule has 0 bridgehead atoms. The molecule has 0 spiro atoms. The maximum atomic E-state index is 4.40. The van der Waals surface area contributed by atoms with Gasteiger partial charge in [-0.1, -0.05) is 24.3 Å². The number of para-hydroxylation sites is 1. The van der Waals surface area contributed by atoms with Crippen LogP contribution < -0.4 is 5.32 Å². The summed E-state index contributed by atoms with van der Waals surface area (Å²) in [6.45, 7) is 2.80. The number of aryl methyl sites for hydroxylation is 1. The molecule has 0 atom stereocenters. The van der Waals surface area contributed by atoms with E-state index in [1.165, 1.54) is 5.56 Å². The van der Waals surface area contributed by atoms with E-state index in [-0.39, 0.29) is 0 Å². The maximum absolute atomic E-state index is 4.40. The van der Waals surface area contributed by atoms with Gasteiger partial charge < -0.3 is 5.32 Å². The number of hydrogen-bond acceptors (Lipinski definition) is 3. The fourth-order valence-electron chi connectivity index (χ4n) is 2.13.